The van der Waals surface area contributed by atoms with Gasteiger partial charge in [-0.15, -0.1) is 0 Å². The number of amides is 1. The molecule has 1 amide bonds. The first-order valence-electron chi connectivity index (χ1n) is 13.1. The van der Waals surface area contributed by atoms with E-state index in [0.29, 0.717) is 25.4 Å². The fourth-order valence-electron chi connectivity index (χ4n) is 3.65. The lowest BCUT2D eigenvalue weighted by Crippen LogP contribution is -2.60. The van der Waals surface area contributed by atoms with Crippen LogP contribution in [-0.4, -0.2) is 58.7 Å². The van der Waals surface area contributed by atoms with Crippen LogP contribution in [0, 0.1) is 0 Å². The number of carbonyl (C=O) groups is 1. The molecule has 0 aromatic heterocycles. The maximum Gasteiger partial charge on any atom is 0.469 e. The van der Waals surface area contributed by atoms with Crippen molar-refractivity contribution in [1.29, 1.82) is 0 Å². The van der Waals surface area contributed by atoms with Gasteiger partial charge in [0.05, 0.1) is 0 Å². The number of alkyl halides is 1. The van der Waals surface area contributed by atoms with E-state index in [4.69, 9.17) is 17.1 Å². The summed E-state index contributed by atoms with van der Waals surface area (Å²) in [4.78, 5) is 12.2. The highest BCUT2D eigenvalue weighted by Crippen LogP contribution is 2.29. The topological polar surface area (TPSA) is 66.0 Å². The minimum atomic E-state index is -2.90. The molecule has 0 aromatic carbocycles. The van der Waals surface area contributed by atoms with Crippen molar-refractivity contribution in [3.8, 4) is 0 Å². The van der Waals surface area contributed by atoms with Gasteiger partial charge in [0, 0.05) is 19.0 Å². The third-order valence-corrected chi connectivity index (χ3v) is 16.6. The summed E-state index contributed by atoms with van der Waals surface area (Å²) in [5.41, 5.74) is 0. The zero-order chi connectivity index (χ0) is 26.6. The first-order chi connectivity index (χ1) is 15.4. The van der Waals surface area contributed by atoms with Gasteiger partial charge in [0.15, 0.2) is 25.0 Å². The molecular formula is C23H54FNO5Si4. The summed E-state index contributed by atoms with van der Waals surface area (Å²) in [5, 5.41) is 2.81. The van der Waals surface area contributed by atoms with Crippen molar-refractivity contribution in [2.24, 2.45) is 0 Å². The van der Waals surface area contributed by atoms with Gasteiger partial charge < -0.3 is 22.4 Å². The Morgan fingerprint density at radius 3 is 1.76 bits per heavy atom. The molecule has 34 heavy (non-hydrogen) atoms. The van der Waals surface area contributed by atoms with Gasteiger partial charge in [-0.3, -0.25) is 0 Å². The molecule has 2 unspecified atom stereocenters. The smallest absolute Gasteiger partial charge is 0.446 e. The molecule has 0 saturated carbocycles. The lowest BCUT2D eigenvalue weighted by Gasteiger charge is -2.43. The number of ether oxygens (including phenoxy) is 1. The van der Waals surface area contributed by atoms with Crippen LogP contribution in [0.5, 0.6) is 0 Å². The number of rotatable bonds is 18. The zero-order valence-electron chi connectivity index (χ0n) is 23.9. The Bertz CT molecular complexity index is 538. The molecular weight excluding hydrogens is 502 g/mol. The molecule has 2 atom stereocenters. The molecule has 204 valence electrons. The average Bonchev–Trinajstić information content (AvgIpc) is 2.57. The van der Waals surface area contributed by atoms with E-state index in [1.807, 2.05) is 0 Å². The van der Waals surface area contributed by atoms with E-state index >= 15 is 0 Å². The van der Waals surface area contributed by atoms with Gasteiger partial charge in [0.2, 0.25) is 0 Å². The lowest BCUT2D eigenvalue weighted by molar-refractivity contribution is 0.0840. The van der Waals surface area contributed by atoms with E-state index in [-0.39, 0.29) is 6.42 Å². The molecule has 0 aliphatic carbocycles. The zero-order valence-corrected chi connectivity index (χ0v) is 27.9. The van der Waals surface area contributed by atoms with Crippen LogP contribution in [-0.2, 0) is 17.1 Å². The van der Waals surface area contributed by atoms with Crippen LogP contribution in [0.2, 0.25) is 65.0 Å². The second-order valence-corrected chi connectivity index (χ2v) is 29.2. The Morgan fingerprint density at radius 2 is 1.32 bits per heavy atom. The molecule has 0 fully saturated rings. The van der Waals surface area contributed by atoms with Gasteiger partial charge >= 0.3 is 14.9 Å². The Balaban J connectivity index is 4.79. The minimum Gasteiger partial charge on any atom is -0.446 e. The monoisotopic (exact) mass is 555 g/mol. The third-order valence-electron chi connectivity index (χ3n) is 4.58. The second-order valence-electron chi connectivity index (χ2n) is 12.3. The summed E-state index contributed by atoms with van der Waals surface area (Å²) in [6, 6.07) is 0.659. The number of hydrogen-bond donors (Lipinski definition) is 1. The molecule has 1 N–H and O–H groups in total. The summed E-state index contributed by atoms with van der Waals surface area (Å²) in [7, 11) is -8.66. The average molecular weight is 556 g/mol. The standard InChI is InChI=1S/C23H54FNO5Si4/c1-12-13-14-15-17-22(24)20-21(2)27-23(26)25-18-16-19-34(28-31(3,4)5,29-32(6,7)8)30-33(9,10)11/h21-22H,12-20H2,1-11H3,(H,25,26). The van der Waals surface area contributed by atoms with Crippen molar-refractivity contribution in [2.75, 3.05) is 6.54 Å². The molecule has 0 heterocycles. The van der Waals surface area contributed by atoms with E-state index in [1.165, 1.54) is 0 Å². The Labute approximate surface area is 213 Å². The molecule has 0 aromatic rings. The Hall–Kier alpha value is -0.0525. The molecule has 11 heteroatoms. The van der Waals surface area contributed by atoms with Gasteiger partial charge in [-0.25, -0.2) is 9.18 Å². The number of carbonyl (C=O) groups excluding carboxylic acids is 1. The number of nitrogens with one attached hydrogen (secondary N) is 1. The summed E-state index contributed by atoms with van der Waals surface area (Å²) in [6.45, 7) is 23.8. The predicted molar refractivity (Wildman–Crippen MR) is 151 cm³/mol. The number of alkyl carbamates (subject to hydrolysis) is 1. The van der Waals surface area contributed by atoms with Gasteiger partial charge in [0.25, 0.3) is 0 Å². The van der Waals surface area contributed by atoms with E-state index in [2.05, 4.69) is 71.2 Å². The van der Waals surface area contributed by atoms with Crippen LogP contribution in [0.25, 0.3) is 0 Å². The maximum atomic E-state index is 14.1. The fourth-order valence-corrected chi connectivity index (χ4v) is 18.3. The van der Waals surface area contributed by atoms with E-state index < -0.39 is 52.1 Å². The highest BCUT2D eigenvalue weighted by molar-refractivity contribution is 6.90. The van der Waals surface area contributed by atoms with Crippen LogP contribution in [0.1, 0.15) is 58.8 Å². The van der Waals surface area contributed by atoms with Crippen molar-refractivity contribution in [3.05, 3.63) is 0 Å². The minimum absolute atomic E-state index is 0.244. The SMILES string of the molecule is CCCCCCC(F)CC(C)OC(=O)NCCC[Si](O[Si](C)(C)C)(O[Si](C)(C)C)O[Si](C)(C)C. The lowest BCUT2D eigenvalue weighted by atomic mass is 10.1. The van der Waals surface area contributed by atoms with Crippen molar-refractivity contribution < 1.29 is 26.3 Å². The second kappa shape index (κ2) is 15.3. The number of halogens is 1. The summed E-state index contributed by atoms with van der Waals surface area (Å²) < 4.78 is 39.5. The third kappa shape index (κ3) is 19.2. The van der Waals surface area contributed by atoms with Gasteiger partial charge in [-0.05, 0) is 78.7 Å². The highest BCUT2D eigenvalue weighted by atomic mass is 28.5. The van der Waals surface area contributed by atoms with E-state index in [9.17, 15) is 9.18 Å². The molecule has 0 radical (unpaired) electrons. The summed E-state index contributed by atoms with van der Waals surface area (Å²) in [6.07, 6.45) is 3.80. The molecule has 0 saturated heterocycles. The van der Waals surface area contributed by atoms with Crippen molar-refractivity contribution in [3.63, 3.8) is 0 Å². The first kappa shape index (κ1) is 33.9. The van der Waals surface area contributed by atoms with Gasteiger partial charge in [0.1, 0.15) is 12.3 Å². The quantitative estimate of drug-likeness (QED) is 0.139. The maximum absolute atomic E-state index is 14.1. The first-order valence-corrected chi connectivity index (χ1v) is 25.2. The number of hydrogen-bond acceptors (Lipinski definition) is 5. The molecule has 0 spiro atoms. The molecule has 0 bridgehead atoms. The Kier molecular flexibility index (Phi) is 15.2. The van der Waals surface area contributed by atoms with Crippen LogP contribution >= 0.6 is 0 Å². The molecule has 0 aliphatic heterocycles. The molecule has 0 rings (SSSR count). The summed E-state index contributed by atoms with van der Waals surface area (Å²) in [5.74, 6) is 0. The van der Waals surface area contributed by atoms with E-state index in [0.717, 1.165) is 25.7 Å². The van der Waals surface area contributed by atoms with Crippen LogP contribution in [0.3, 0.4) is 0 Å². The van der Waals surface area contributed by atoms with Crippen molar-refractivity contribution in [2.45, 2.75) is 136 Å². The van der Waals surface area contributed by atoms with E-state index in [1.54, 1.807) is 6.92 Å². The molecule has 6 nitrogen and oxygen atoms in total. The normalized spacial score (nSPS) is 15.2. The highest BCUT2D eigenvalue weighted by Gasteiger charge is 2.49. The van der Waals surface area contributed by atoms with Gasteiger partial charge in [-0.2, -0.15) is 0 Å². The van der Waals surface area contributed by atoms with Crippen LogP contribution < -0.4 is 5.32 Å². The van der Waals surface area contributed by atoms with Crippen LogP contribution in [0.4, 0.5) is 9.18 Å². The van der Waals surface area contributed by atoms with Crippen molar-refractivity contribution >= 4 is 39.8 Å². The number of unbranched alkanes of at least 4 members (excludes halogenated alkanes) is 3. The Morgan fingerprint density at radius 1 is 0.824 bits per heavy atom. The largest absolute Gasteiger partial charge is 0.469 e. The summed E-state index contributed by atoms with van der Waals surface area (Å²) >= 11 is 0. The molecule has 0 aliphatic rings. The van der Waals surface area contributed by atoms with Crippen molar-refractivity contribution in [1.82, 2.24) is 5.32 Å². The predicted octanol–water partition coefficient (Wildman–Crippen LogP) is 7.68. The fraction of sp³-hybridized carbons (Fsp3) is 0.957. The van der Waals surface area contributed by atoms with Crippen LogP contribution in [0.15, 0.2) is 0 Å². The van der Waals surface area contributed by atoms with Gasteiger partial charge in [-0.1, -0.05) is 32.6 Å².